The van der Waals surface area contributed by atoms with Gasteiger partial charge in [0.2, 0.25) is 5.91 Å². The van der Waals surface area contributed by atoms with E-state index >= 15 is 0 Å². The van der Waals surface area contributed by atoms with Gasteiger partial charge in [0.1, 0.15) is 0 Å². The summed E-state index contributed by atoms with van der Waals surface area (Å²) >= 11 is 0. The number of rotatable bonds is 12. The second-order valence-corrected chi connectivity index (χ2v) is 9.06. The molecule has 1 amide bonds. The van der Waals surface area contributed by atoms with Crippen molar-refractivity contribution >= 4 is 23.8 Å². The second kappa shape index (κ2) is 14.2. The van der Waals surface area contributed by atoms with Crippen molar-refractivity contribution < 1.29 is 9.59 Å². The van der Waals surface area contributed by atoms with Gasteiger partial charge in [-0.3, -0.25) is 19.6 Å². The molecule has 0 bridgehead atoms. The Bertz CT molecular complexity index is 906. The summed E-state index contributed by atoms with van der Waals surface area (Å²) in [7, 11) is 0. The number of hydrogen-bond donors (Lipinski definition) is 0. The third-order valence-corrected chi connectivity index (χ3v) is 6.25. The largest absolute Gasteiger partial charge is 0.334 e. The first-order valence-corrected chi connectivity index (χ1v) is 12.7. The molecule has 3 rings (SSSR count). The summed E-state index contributed by atoms with van der Waals surface area (Å²) in [5.41, 5.74) is 3.10. The van der Waals surface area contributed by atoms with Gasteiger partial charge in [-0.1, -0.05) is 58.3 Å². The van der Waals surface area contributed by atoms with Gasteiger partial charge in [-0.2, -0.15) is 0 Å². The zero-order chi connectivity index (χ0) is 24.0. The Labute approximate surface area is 204 Å². The summed E-state index contributed by atoms with van der Waals surface area (Å²) in [6, 6.07) is 7.48. The SMILES string of the molecule is CCCCCCCCCCCC(=O)N1C/C(=C\c2ccncc2)C(=O)/C(=C/c2ccncc2)C1. The van der Waals surface area contributed by atoms with Crippen LogP contribution in [0.1, 0.15) is 82.3 Å². The molecule has 3 heterocycles. The van der Waals surface area contributed by atoms with E-state index < -0.39 is 0 Å². The van der Waals surface area contributed by atoms with Gasteiger partial charge >= 0.3 is 0 Å². The first-order chi connectivity index (χ1) is 16.7. The summed E-state index contributed by atoms with van der Waals surface area (Å²) in [5, 5.41) is 0. The van der Waals surface area contributed by atoms with E-state index in [1.807, 2.05) is 41.3 Å². The summed E-state index contributed by atoms with van der Waals surface area (Å²) in [5.74, 6) is 0.123. The number of aromatic nitrogens is 2. The minimum Gasteiger partial charge on any atom is -0.334 e. The predicted octanol–water partition coefficient (Wildman–Crippen LogP) is 6.28. The van der Waals surface area contributed by atoms with Crippen LogP contribution in [0.4, 0.5) is 0 Å². The summed E-state index contributed by atoms with van der Waals surface area (Å²) in [4.78, 5) is 36.2. The maximum Gasteiger partial charge on any atom is 0.223 e. The molecule has 0 unspecified atom stereocenters. The quantitative estimate of drug-likeness (QED) is 0.277. The highest BCUT2D eigenvalue weighted by Crippen LogP contribution is 2.23. The van der Waals surface area contributed by atoms with E-state index in [4.69, 9.17) is 0 Å². The molecule has 0 radical (unpaired) electrons. The minimum absolute atomic E-state index is 0.000692. The number of amides is 1. The first kappa shape index (κ1) is 25.5. The number of carbonyl (C=O) groups excluding carboxylic acids is 2. The molecular formula is C29H37N3O2. The number of hydrogen-bond acceptors (Lipinski definition) is 4. The van der Waals surface area contributed by atoms with Gasteiger partial charge in [-0.25, -0.2) is 0 Å². The number of pyridine rings is 2. The molecule has 2 aromatic rings. The van der Waals surface area contributed by atoms with Crippen LogP contribution in [0.25, 0.3) is 12.2 Å². The molecule has 5 heteroatoms. The number of Topliss-reactive ketones (excluding diaryl/α,β-unsaturated/α-hetero) is 1. The third-order valence-electron chi connectivity index (χ3n) is 6.25. The first-order valence-electron chi connectivity index (χ1n) is 12.7. The maximum atomic E-state index is 13.2. The molecule has 1 fully saturated rings. The van der Waals surface area contributed by atoms with Crippen molar-refractivity contribution in [3.05, 3.63) is 71.3 Å². The van der Waals surface area contributed by atoms with Gasteiger partial charge in [-0.15, -0.1) is 0 Å². The Morgan fingerprint density at radius 1 is 0.765 bits per heavy atom. The van der Waals surface area contributed by atoms with Crippen LogP contribution in [0.5, 0.6) is 0 Å². The summed E-state index contributed by atoms with van der Waals surface area (Å²) in [6.45, 7) is 2.95. The van der Waals surface area contributed by atoms with Crippen LogP contribution in [-0.4, -0.2) is 39.6 Å². The molecule has 0 aromatic carbocycles. The lowest BCUT2D eigenvalue weighted by Crippen LogP contribution is -2.41. The minimum atomic E-state index is 0.000692. The Balaban J connectivity index is 1.60. The van der Waals surface area contributed by atoms with E-state index in [1.165, 1.54) is 44.9 Å². The van der Waals surface area contributed by atoms with Gasteiger partial charge in [-0.05, 0) is 54.0 Å². The Morgan fingerprint density at radius 2 is 1.21 bits per heavy atom. The van der Waals surface area contributed by atoms with Crippen molar-refractivity contribution in [3.8, 4) is 0 Å². The third kappa shape index (κ3) is 8.36. The average molecular weight is 460 g/mol. The van der Waals surface area contributed by atoms with E-state index in [9.17, 15) is 9.59 Å². The number of nitrogens with zero attached hydrogens (tertiary/aromatic N) is 3. The molecule has 0 N–H and O–H groups in total. The molecule has 0 aliphatic carbocycles. The highest BCUT2D eigenvalue weighted by molar-refractivity contribution is 6.15. The van der Waals surface area contributed by atoms with E-state index in [0.29, 0.717) is 30.7 Å². The molecule has 1 saturated heterocycles. The molecule has 5 nitrogen and oxygen atoms in total. The molecule has 0 atom stereocenters. The van der Waals surface area contributed by atoms with Crippen LogP contribution in [0.2, 0.25) is 0 Å². The van der Waals surface area contributed by atoms with E-state index in [0.717, 1.165) is 24.0 Å². The summed E-state index contributed by atoms with van der Waals surface area (Å²) < 4.78 is 0. The van der Waals surface area contributed by atoms with Gasteiger partial charge in [0.15, 0.2) is 5.78 Å². The fraction of sp³-hybridized carbons (Fsp3) is 0.448. The lowest BCUT2D eigenvalue weighted by atomic mass is 9.94. The average Bonchev–Trinajstić information content (AvgIpc) is 2.86. The molecule has 1 aliphatic rings. The normalized spacial score (nSPS) is 16.4. The number of unbranched alkanes of at least 4 members (excludes halogenated alkanes) is 8. The fourth-order valence-corrected chi connectivity index (χ4v) is 4.28. The maximum absolute atomic E-state index is 13.2. The van der Waals surface area contributed by atoms with Crippen molar-refractivity contribution in [1.29, 1.82) is 0 Å². The smallest absolute Gasteiger partial charge is 0.223 e. The Kier molecular flexibility index (Phi) is 10.7. The van der Waals surface area contributed by atoms with Crippen LogP contribution in [-0.2, 0) is 9.59 Å². The molecule has 180 valence electrons. The highest BCUT2D eigenvalue weighted by atomic mass is 16.2. The van der Waals surface area contributed by atoms with E-state index in [2.05, 4.69) is 16.9 Å². The molecule has 1 aliphatic heterocycles. The van der Waals surface area contributed by atoms with Crippen molar-refractivity contribution in [1.82, 2.24) is 14.9 Å². The zero-order valence-corrected chi connectivity index (χ0v) is 20.4. The number of carbonyl (C=O) groups is 2. The van der Waals surface area contributed by atoms with Gasteiger partial charge in [0.05, 0.1) is 0 Å². The monoisotopic (exact) mass is 459 g/mol. The number of piperidine rings is 1. The van der Waals surface area contributed by atoms with Crippen LogP contribution in [0.3, 0.4) is 0 Å². The van der Waals surface area contributed by atoms with E-state index in [-0.39, 0.29) is 11.7 Å². The topological polar surface area (TPSA) is 63.2 Å². The highest BCUT2D eigenvalue weighted by Gasteiger charge is 2.28. The molecule has 0 spiro atoms. The van der Waals surface area contributed by atoms with Crippen molar-refractivity contribution in [2.24, 2.45) is 0 Å². The summed E-state index contributed by atoms with van der Waals surface area (Å²) in [6.07, 6.45) is 22.2. The lowest BCUT2D eigenvalue weighted by Gasteiger charge is -2.30. The molecule has 34 heavy (non-hydrogen) atoms. The van der Waals surface area contributed by atoms with Crippen molar-refractivity contribution in [3.63, 3.8) is 0 Å². The van der Waals surface area contributed by atoms with Crippen LogP contribution < -0.4 is 0 Å². The fourth-order valence-electron chi connectivity index (χ4n) is 4.28. The van der Waals surface area contributed by atoms with E-state index in [1.54, 1.807) is 24.8 Å². The predicted molar refractivity (Wildman–Crippen MR) is 138 cm³/mol. The Hall–Kier alpha value is -3.08. The van der Waals surface area contributed by atoms with Crippen LogP contribution in [0.15, 0.2) is 60.2 Å². The number of likely N-dealkylation sites (tertiary alicyclic amines) is 1. The van der Waals surface area contributed by atoms with Crippen molar-refractivity contribution in [2.75, 3.05) is 13.1 Å². The van der Waals surface area contributed by atoms with Crippen LogP contribution >= 0.6 is 0 Å². The van der Waals surface area contributed by atoms with Crippen LogP contribution in [0, 0.1) is 0 Å². The number of ketones is 1. The van der Waals surface area contributed by atoms with Gasteiger partial charge in [0.25, 0.3) is 0 Å². The molecule has 0 saturated carbocycles. The zero-order valence-electron chi connectivity index (χ0n) is 20.4. The Morgan fingerprint density at radius 3 is 1.68 bits per heavy atom. The molecular weight excluding hydrogens is 422 g/mol. The molecule has 2 aromatic heterocycles. The van der Waals surface area contributed by atoms with Crippen molar-refractivity contribution in [2.45, 2.75) is 71.1 Å². The van der Waals surface area contributed by atoms with Gasteiger partial charge in [0, 0.05) is 55.4 Å². The van der Waals surface area contributed by atoms with Gasteiger partial charge < -0.3 is 4.90 Å². The lowest BCUT2D eigenvalue weighted by molar-refractivity contribution is -0.131. The second-order valence-electron chi connectivity index (χ2n) is 9.06. The standard InChI is InChI=1S/C29H37N3O2/c1-2-3-4-5-6-7-8-9-10-11-28(33)32-22-26(20-24-12-16-30-17-13-24)29(34)27(23-32)21-25-14-18-31-19-15-25/h12-21H,2-11,22-23H2,1H3/b26-20+,27-21+.